The molecule has 3 aromatic carbocycles. The summed E-state index contributed by atoms with van der Waals surface area (Å²) in [5.41, 5.74) is 5.42. The molecule has 2 heterocycles. The van der Waals surface area contributed by atoms with Crippen molar-refractivity contribution >= 4 is 42.3 Å². The maximum absolute atomic E-state index is 4.80. The second-order valence-corrected chi connectivity index (χ2v) is 9.04. The summed E-state index contributed by atoms with van der Waals surface area (Å²) in [7, 11) is 9.59. The number of nitrogens with zero attached hydrogens (tertiary/aromatic N) is 3. The molecule has 5 nitrogen and oxygen atoms in total. The van der Waals surface area contributed by atoms with Crippen LogP contribution < -0.4 is 0 Å². The van der Waals surface area contributed by atoms with Crippen LogP contribution in [0.4, 0.5) is 0 Å². The summed E-state index contributed by atoms with van der Waals surface area (Å²) in [6.07, 6.45) is 0. The van der Waals surface area contributed by atoms with Crippen LogP contribution in [0.3, 0.4) is 0 Å². The van der Waals surface area contributed by atoms with Crippen molar-refractivity contribution in [2.45, 2.75) is 19.6 Å². The van der Waals surface area contributed by atoms with Gasteiger partial charge in [0.15, 0.2) is 0 Å². The maximum atomic E-state index is 4.80. The fourth-order valence-electron chi connectivity index (χ4n) is 3.59. The van der Waals surface area contributed by atoms with Gasteiger partial charge in [-0.2, -0.15) is 0 Å². The molecule has 8 heteroatoms. The predicted molar refractivity (Wildman–Crippen MR) is 123 cm³/mol. The normalized spacial score (nSPS) is 11.1. The number of hydrogen-bond donors (Lipinski definition) is 2. The van der Waals surface area contributed by atoms with Gasteiger partial charge in [-0.3, -0.25) is 4.90 Å². The Balaban J connectivity index is 0.000000730. The first-order chi connectivity index (χ1) is 15.2. The number of para-hydroxylation sites is 4. The third-order valence-electron chi connectivity index (χ3n) is 4.87. The van der Waals surface area contributed by atoms with Crippen molar-refractivity contribution in [3.05, 3.63) is 96.1 Å². The van der Waals surface area contributed by atoms with Crippen molar-refractivity contribution in [2.24, 2.45) is 0 Å². The zero-order valence-electron chi connectivity index (χ0n) is 16.6. The van der Waals surface area contributed by atoms with Crippen LogP contribution in [-0.4, -0.2) is 24.8 Å². The third-order valence-corrected chi connectivity index (χ3v) is 4.87. The third kappa shape index (κ3) is 5.88. The van der Waals surface area contributed by atoms with Gasteiger partial charge in [0.05, 0.1) is 35.2 Å². The molecule has 159 valence electrons. The molecule has 0 atom stereocenters. The Morgan fingerprint density at radius 1 is 0.645 bits per heavy atom. The van der Waals surface area contributed by atoms with Crippen molar-refractivity contribution in [1.29, 1.82) is 0 Å². The minimum absolute atomic E-state index is 0.00694. The first-order valence-corrected chi connectivity index (χ1v) is 13.0. The number of hydrogen-bond acceptors (Lipinski definition) is 3. The monoisotopic (exact) mass is 492 g/mol. The van der Waals surface area contributed by atoms with Gasteiger partial charge in [0.2, 0.25) is 0 Å². The minimum atomic E-state index is 0.00694. The first-order valence-electron chi connectivity index (χ1n) is 9.75. The number of halogens is 2. The molecule has 0 spiro atoms. The van der Waals surface area contributed by atoms with Crippen LogP contribution in [0.5, 0.6) is 0 Å². The largest absolute Gasteiger partial charge is 0.341 e. The molecule has 0 amide bonds. The van der Waals surface area contributed by atoms with E-state index in [9.17, 15) is 0 Å². The average Bonchev–Trinajstić information content (AvgIpc) is 3.37. The van der Waals surface area contributed by atoms with Gasteiger partial charge < -0.3 is 9.97 Å². The van der Waals surface area contributed by atoms with Gasteiger partial charge in [0.25, 0.3) is 0 Å². The van der Waals surface area contributed by atoms with Crippen LogP contribution in [0.1, 0.15) is 17.2 Å². The number of H-pyrrole nitrogens is 2. The molecule has 0 saturated carbocycles. The topological polar surface area (TPSA) is 60.6 Å². The molecule has 5 aromatic rings. The molecule has 0 radical (unpaired) electrons. The van der Waals surface area contributed by atoms with E-state index in [0.717, 1.165) is 53.3 Å². The van der Waals surface area contributed by atoms with Crippen LogP contribution in [0, 0.1) is 0 Å². The van der Waals surface area contributed by atoms with Gasteiger partial charge in [-0.1, -0.05) is 54.6 Å². The Morgan fingerprint density at radius 3 is 1.58 bits per heavy atom. The van der Waals surface area contributed by atoms with Gasteiger partial charge in [-0.05, 0) is 29.8 Å². The van der Waals surface area contributed by atoms with E-state index in [2.05, 4.69) is 51.3 Å². The van der Waals surface area contributed by atoms with Crippen molar-refractivity contribution in [1.82, 2.24) is 24.8 Å². The molecule has 2 aromatic heterocycles. The minimum Gasteiger partial charge on any atom is -0.341 e. The van der Waals surface area contributed by atoms with E-state index in [4.69, 9.17) is 30.2 Å². The Hall–Kier alpha value is -2.34. The molecular weight excluding hydrogens is 472 g/mol. The van der Waals surface area contributed by atoms with Crippen molar-refractivity contribution in [3.63, 3.8) is 0 Å². The van der Waals surface area contributed by atoms with Crippen LogP contribution >= 0.6 is 20.2 Å². The van der Waals surface area contributed by atoms with Gasteiger partial charge >= 0.3 is 33.3 Å². The van der Waals surface area contributed by atoms with Crippen molar-refractivity contribution < 1.29 is 13.1 Å². The second kappa shape index (κ2) is 10.8. The fourth-order valence-corrected chi connectivity index (χ4v) is 3.59. The van der Waals surface area contributed by atoms with Crippen LogP contribution in [0.25, 0.3) is 22.1 Å². The molecular formula is C23H21Cl2MnN5. The number of rotatable bonds is 6. The van der Waals surface area contributed by atoms with Gasteiger partial charge in [-0.25, -0.2) is 9.97 Å². The quantitative estimate of drug-likeness (QED) is 0.285. The molecule has 0 unspecified atom stereocenters. The molecule has 2 N–H and O–H groups in total. The number of aromatic nitrogens is 4. The summed E-state index contributed by atoms with van der Waals surface area (Å²) in [5, 5.41) is 0. The Kier molecular flexibility index (Phi) is 7.62. The number of nitrogens with one attached hydrogen (secondary N) is 2. The Bertz CT molecular complexity index is 1100. The number of fused-ring (bicyclic) bond motifs is 2. The summed E-state index contributed by atoms with van der Waals surface area (Å²) in [4.78, 5) is 18.7. The first kappa shape index (κ1) is 21.9. The van der Waals surface area contributed by atoms with E-state index in [1.165, 1.54) is 5.56 Å². The van der Waals surface area contributed by atoms with E-state index in [1.54, 1.807) is 0 Å². The summed E-state index contributed by atoms with van der Waals surface area (Å²) >= 11 is 0.00694. The smallest absolute Gasteiger partial charge is 0.121 e. The molecule has 0 aliphatic rings. The van der Waals surface area contributed by atoms with Gasteiger partial charge in [0.1, 0.15) is 11.6 Å². The van der Waals surface area contributed by atoms with Gasteiger partial charge in [-0.15, -0.1) is 0 Å². The number of aromatic amines is 2. The van der Waals surface area contributed by atoms with Crippen LogP contribution in [0.2, 0.25) is 0 Å². The Labute approximate surface area is 195 Å². The van der Waals surface area contributed by atoms with E-state index < -0.39 is 0 Å². The van der Waals surface area contributed by atoms with E-state index in [-0.39, 0.29) is 13.1 Å². The standard InChI is InChI=1S/C23H21N5.2ClH.Mn/c1-2-8-17(9-3-1)14-28(15-22-24-18-10-4-5-11-19(18)25-22)16-23-26-20-12-6-7-13-21(20)27-23;;;/h1-13H,14-16H2,(H,24,25)(H,26,27);2*1H;/q;;;+2/p-2. The van der Waals surface area contributed by atoms with Crippen molar-refractivity contribution in [2.75, 3.05) is 0 Å². The molecule has 0 bridgehead atoms. The molecule has 0 fully saturated rings. The summed E-state index contributed by atoms with van der Waals surface area (Å²) in [6.45, 7) is 2.27. The van der Waals surface area contributed by atoms with Crippen molar-refractivity contribution in [3.8, 4) is 0 Å². The number of imidazole rings is 2. The zero-order valence-corrected chi connectivity index (χ0v) is 19.3. The summed E-state index contributed by atoms with van der Waals surface area (Å²) in [5.74, 6) is 1.93. The fraction of sp³-hybridized carbons (Fsp3) is 0.130. The summed E-state index contributed by atoms with van der Waals surface area (Å²) < 4.78 is 0. The van der Waals surface area contributed by atoms with Crippen LogP contribution in [-0.2, 0) is 32.8 Å². The number of benzene rings is 3. The van der Waals surface area contributed by atoms with Gasteiger partial charge in [0, 0.05) is 6.54 Å². The zero-order chi connectivity index (χ0) is 21.5. The molecule has 5 rings (SSSR count). The molecule has 0 saturated heterocycles. The molecule has 0 aliphatic carbocycles. The average molecular weight is 493 g/mol. The summed E-state index contributed by atoms with van der Waals surface area (Å²) in [6, 6.07) is 26.8. The SMILES string of the molecule is [Cl][Mn][Cl].c1ccc(CN(Cc2nc3ccccc3[nH]2)Cc2nc3ccccc3[nH]2)cc1. The maximum Gasteiger partial charge on any atom is 0.121 e. The van der Waals surface area contributed by atoms with E-state index in [0.29, 0.717) is 0 Å². The van der Waals surface area contributed by atoms with E-state index >= 15 is 0 Å². The molecule has 0 aliphatic heterocycles. The second-order valence-electron chi connectivity index (χ2n) is 7.09. The molecule has 31 heavy (non-hydrogen) atoms. The van der Waals surface area contributed by atoms with Crippen LogP contribution in [0.15, 0.2) is 78.9 Å². The van der Waals surface area contributed by atoms with E-state index in [1.807, 2.05) is 42.5 Å². The Morgan fingerprint density at radius 2 is 1.10 bits per heavy atom. The predicted octanol–water partition coefficient (Wildman–Crippen LogP) is 6.02.